The first-order valence-corrected chi connectivity index (χ1v) is 9.29. The van der Waals surface area contributed by atoms with Crippen LogP contribution in [-0.2, 0) is 9.59 Å². The Morgan fingerprint density at radius 3 is 2.42 bits per heavy atom. The number of hydrogen-bond acceptors (Lipinski definition) is 3. The van der Waals surface area contributed by atoms with E-state index in [1.807, 2.05) is 4.90 Å². The van der Waals surface area contributed by atoms with Gasteiger partial charge in [0.05, 0.1) is 0 Å². The van der Waals surface area contributed by atoms with Gasteiger partial charge in [0.15, 0.2) is 0 Å². The van der Waals surface area contributed by atoms with Crippen molar-refractivity contribution >= 4 is 24.2 Å². The Morgan fingerprint density at radius 2 is 1.83 bits per heavy atom. The monoisotopic (exact) mass is 357 g/mol. The van der Waals surface area contributed by atoms with Crippen molar-refractivity contribution in [3.63, 3.8) is 0 Å². The van der Waals surface area contributed by atoms with Gasteiger partial charge in [0, 0.05) is 31.5 Å². The molecule has 0 aromatic rings. The Kier molecular flexibility index (Phi) is 6.54. The zero-order valence-electron chi connectivity index (χ0n) is 15.0. The van der Waals surface area contributed by atoms with Crippen molar-refractivity contribution in [3.05, 3.63) is 0 Å². The van der Waals surface area contributed by atoms with E-state index in [0.717, 1.165) is 58.3 Å². The van der Waals surface area contributed by atoms with Gasteiger partial charge in [0.2, 0.25) is 11.8 Å². The molecular formula is C18H32ClN3O2. The van der Waals surface area contributed by atoms with Crippen molar-refractivity contribution < 1.29 is 9.59 Å². The highest BCUT2D eigenvalue weighted by Gasteiger charge is 2.57. The number of carbonyl (C=O) groups is 2. The van der Waals surface area contributed by atoms with E-state index >= 15 is 0 Å². The lowest BCUT2D eigenvalue weighted by Crippen LogP contribution is -2.47. The fourth-order valence-corrected chi connectivity index (χ4v) is 4.25. The smallest absolute Gasteiger partial charge is 0.223 e. The van der Waals surface area contributed by atoms with E-state index < -0.39 is 0 Å². The van der Waals surface area contributed by atoms with E-state index in [1.54, 1.807) is 0 Å². The second-order valence-corrected chi connectivity index (χ2v) is 8.13. The number of rotatable bonds is 4. The summed E-state index contributed by atoms with van der Waals surface area (Å²) in [5, 5.41) is 6.64. The number of nitrogens with one attached hydrogen (secondary N) is 2. The van der Waals surface area contributed by atoms with Gasteiger partial charge in [-0.2, -0.15) is 0 Å². The second kappa shape index (κ2) is 8.05. The number of hydrogen-bond donors (Lipinski definition) is 2. The average Bonchev–Trinajstić information content (AvgIpc) is 3.21. The van der Waals surface area contributed by atoms with Gasteiger partial charge in [-0.1, -0.05) is 13.8 Å². The van der Waals surface area contributed by atoms with Crippen LogP contribution in [0.3, 0.4) is 0 Å². The van der Waals surface area contributed by atoms with Crippen LogP contribution in [0.2, 0.25) is 0 Å². The summed E-state index contributed by atoms with van der Waals surface area (Å²) in [5.41, 5.74) is 0.309. The normalized spacial score (nSPS) is 26.1. The van der Waals surface area contributed by atoms with Crippen molar-refractivity contribution in [2.75, 3.05) is 26.2 Å². The average molecular weight is 358 g/mol. The fourth-order valence-electron chi connectivity index (χ4n) is 4.25. The molecule has 1 saturated carbocycles. The third-order valence-corrected chi connectivity index (χ3v) is 5.88. The molecular weight excluding hydrogens is 326 g/mol. The molecule has 3 fully saturated rings. The molecule has 138 valence electrons. The molecule has 3 aliphatic rings. The summed E-state index contributed by atoms with van der Waals surface area (Å²) in [6.45, 7) is 7.85. The standard InChI is InChI=1S/C18H31N3O2.ClH/c1-13(2)11-16(22)21-9-3-14(4-10-21)20-17(23)15-12-18(15)5-7-19-8-6-18;/h13-15,19H,3-12H2,1-2H3,(H,20,23);1H. The lowest BCUT2D eigenvalue weighted by molar-refractivity contribution is -0.133. The van der Waals surface area contributed by atoms with Gasteiger partial charge in [-0.05, 0) is 56.5 Å². The Balaban J connectivity index is 0.00000208. The largest absolute Gasteiger partial charge is 0.353 e. The predicted molar refractivity (Wildman–Crippen MR) is 97.1 cm³/mol. The van der Waals surface area contributed by atoms with E-state index in [2.05, 4.69) is 24.5 Å². The number of halogens is 1. The molecule has 24 heavy (non-hydrogen) atoms. The zero-order valence-corrected chi connectivity index (χ0v) is 15.8. The summed E-state index contributed by atoms with van der Waals surface area (Å²) in [6, 6.07) is 0.255. The van der Waals surface area contributed by atoms with Crippen LogP contribution in [0, 0.1) is 17.3 Å². The molecule has 0 bridgehead atoms. The third kappa shape index (κ3) is 4.42. The predicted octanol–water partition coefficient (Wildman–Crippen LogP) is 1.95. The van der Waals surface area contributed by atoms with Gasteiger partial charge in [0.25, 0.3) is 0 Å². The van der Waals surface area contributed by atoms with Gasteiger partial charge in [-0.15, -0.1) is 12.4 Å². The highest BCUT2D eigenvalue weighted by atomic mass is 35.5. The van der Waals surface area contributed by atoms with Crippen LogP contribution in [0.1, 0.15) is 52.4 Å². The zero-order chi connectivity index (χ0) is 16.4. The number of likely N-dealkylation sites (tertiary alicyclic amines) is 1. The molecule has 6 heteroatoms. The quantitative estimate of drug-likeness (QED) is 0.808. The second-order valence-electron chi connectivity index (χ2n) is 8.13. The minimum Gasteiger partial charge on any atom is -0.353 e. The SMILES string of the molecule is CC(C)CC(=O)N1CCC(NC(=O)C2CC23CCNCC3)CC1.Cl. The van der Waals surface area contributed by atoms with Crippen molar-refractivity contribution in [1.29, 1.82) is 0 Å². The van der Waals surface area contributed by atoms with Gasteiger partial charge in [0.1, 0.15) is 0 Å². The maximum Gasteiger partial charge on any atom is 0.223 e. The molecule has 2 heterocycles. The summed E-state index contributed by atoms with van der Waals surface area (Å²) < 4.78 is 0. The van der Waals surface area contributed by atoms with E-state index in [9.17, 15) is 9.59 Å². The Bertz CT molecular complexity index is 455. The fraction of sp³-hybridized carbons (Fsp3) is 0.889. The van der Waals surface area contributed by atoms with Crippen molar-refractivity contribution in [2.45, 2.75) is 58.4 Å². The minimum atomic E-state index is 0. The first-order valence-electron chi connectivity index (χ1n) is 9.29. The number of amides is 2. The van der Waals surface area contributed by atoms with E-state index in [-0.39, 0.29) is 36.2 Å². The van der Waals surface area contributed by atoms with Gasteiger partial charge < -0.3 is 15.5 Å². The van der Waals surface area contributed by atoms with Crippen LogP contribution >= 0.6 is 12.4 Å². The van der Waals surface area contributed by atoms with Crippen LogP contribution in [0.5, 0.6) is 0 Å². The summed E-state index contributed by atoms with van der Waals surface area (Å²) in [7, 11) is 0. The van der Waals surface area contributed by atoms with Crippen LogP contribution in [0.25, 0.3) is 0 Å². The van der Waals surface area contributed by atoms with Crippen LogP contribution in [-0.4, -0.2) is 48.9 Å². The highest BCUT2D eigenvalue weighted by Crippen LogP contribution is 2.58. The summed E-state index contributed by atoms with van der Waals surface area (Å²) in [6.07, 6.45) is 5.80. The van der Waals surface area contributed by atoms with Crippen molar-refractivity contribution in [1.82, 2.24) is 15.5 Å². The molecule has 2 amide bonds. The van der Waals surface area contributed by atoms with Gasteiger partial charge in [-0.25, -0.2) is 0 Å². The molecule has 1 aliphatic carbocycles. The molecule has 1 spiro atoms. The third-order valence-electron chi connectivity index (χ3n) is 5.88. The van der Waals surface area contributed by atoms with Crippen molar-refractivity contribution in [2.24, 2.45) is 17.3 Å². The van der Waals surface area contributed by atoms with E-state index in [0.29, 0.717) is 17.8 Å². The first-order chi connectivity index (χ1) is 11.0. The number of nitrogens with zero attached hydrogens (tertiary/aromatic N) is 1. The van der Waals surface area contributed by atoms with Crippen molar-refractivity contribution in [3.8, 4) is 0 Å². The van der Waals surface area contributed by atoms with Crippen LogP contribution < -0.4 is 10.6 Å². The summed E-state index contributed by atoms with van der Waals surface area (Å²) in [5.74, 6) is 1.18. The molecule has 1 unspecified atom stereocenters. The topological polar surface area (TPSA) is 61.4 Å². The molecule has 2 aliphatic heterocycles. The Labute approximate surface area is 151 Å². The number of carbonyl (C=O) groups excluding carboxylic acids is 2. The highest BCUT2D eigenvalue weighted by molar-refractivity contribution is 5.85. The summed E-state index contributed by atoms with van der Waals surface area (Å²) >= 11 is 0. The van der Waals surface area contributed by atoms with Gasteiger partial charge >= 0.3 is 0 Å². The molecule has 0 aromatic carbocycles. The van der Waals surface area contributed by atoms with Gasteiger partial charge in [-0.3, -0.25) is 9.59 Å². The minimum absolute atomic E-state index is 0. The molecule has 0 radical (unpaired) electrons. The first kappa shape index (κ1) is 19.5. The summed E-state index contributed by atoms with van der Waals surface area (Å²) in [4.78, 5) is 26.6. The lowest BCUT2D eigenvalue weighted by Gasteiger charge is -2.33. The molecule has 0 aromatic heterocycles. The molecule has 1 atom stereocenters. The Hall–Kier alpha value is -0.810. The Morgan fingerprint density at radius 1 is 1.21 bits per heavy atom. The lowest BCUT2D eigenvalue weighted by atomic mass is 9.91. The molecule has 2 N–H and O–H groups in total. The maximum absolute atomic E-state index is 12.5. The van der Waals surface area contributed by atoms with E-state index in [4.69, 9.17) is 0 Å². The molecule has 5 nitrogen and oxygen atoms in total. The van der Waals surface area contributed by atoms with Crippen LogP contribution in [0.15, 0.2) is 0 Å². The van der Waals surface area contributed by atoms with Crippen LogP contribution in [0.4, 0.5) is 0 Å². The van der Waals surface area contributed by atoms with E-state index in [1.165, 1.54) is 0 Å². The molecule has 3 rings (SSSR count). The molecule has 2 saturated heterocycles. The maximum atomic E-state index is 12.5. The number of piperidine rings is 2.